The summed E-state index contributed by atoms with van der Waals surface area (Å²) in [6, 6.07) is 8.19. The Hall–Kier alpha value is -2.79. The molecule has 0 spiro atoms. The number of nitrogens with two attached hydrogens (primary N) is 2. The van der Waals surface area contributed by atoms with Gasteiger partial charge in [-0.1, -0.05) is 45.0 Å². The Morgan fingerprint density at radius 3 is 2.33 bits per heavy atom. The molecule has 1 aliphatic rings. The van der Waals surface area contributed by atoms with E-state index in [0.29, 0.717) is 17.9 Å². The lowest BCUT2D eigenvalue weighted by Crippen LogP contribution is -2.50. The smallest absolute Gasteiger partial charge is 0.315 e. The second-order valence-electron chi connectivity index (χ2n) is 12.5. The Morgan fingerprint density at radius 2 is 1.75 bits per heavy atom. The molecule has 40 heavy (non-hydrogen) atoms. The van der Waals surface area contributed by atoms with Gasteiger partial charge in [-0.05, 0) is 77.3 Å². The van der Waals surface area contributed by atoms with Crippen molar-refractivity contribution in [3.05, 3.63) is 52.2 Å². The molecular formula is C30H52N8O2. The van der Waals surface area contributed by atoms with Gasteiger partial charge in [0.15, 0.2) is 0 Å². The highest BCUT2D eigenvalue weighted by molar-refractivity contribution is 5.75. The van der Waals surface area contributed by atoms with E-state index < -0.39 is 0 Å². The highest BCUT2D eigenvalue weighted by Crippen LogP contribution is 2.19. The van der Waals surface area contributed by atoms with Gasteiger partial charge >= 0.3 is 6.03 Å². The summed E-state index contributed by atoms with van der Waals surface area (Å²) < 4.78 is 0. The Morgan fingerprint density at radius 1 is 1.07 bits per heavy atom. The van der Waals surface area contributed by atoms with Crippen molar-refractivity contribution in [3.8, 4) is 11.1 Å². The lowest BCUT2D eigenvalue weighted by Gasteiger charge is -2.23. The third-order valence-electron chi connectivity index (χ3n) is 6.44. The lowest BCUT2D eigenvalue weighted by atomic mass is 9.95. The summed E-state index contributed by atoms with van der Waals surface area (Å²) in [6.45, 7) is 18.2. The maximum atomic E-state index is 12.3. The number of H-pyrrole nitrogens is 1. The van der Waals surface area contributed by atoms with E-state index in [0.717, 1.165) is 64.1 Å². The fourth-order valence-electron chi connectivity index (χ4n) is 4.27. The number of aromatic nitrogens is 2. The summed E-state index contributed by atoms with van der Waals surface area (Å²) in [7, 11) is 0. The van der Waals surface area contributed by atoms with Gasteiger partial charge in [0.1, 0.15) is 5.82 Å². The molecular weight excluding hydrogens is 504 g/mol. The number of hydrogen-bond acceptors (Lipinski definition) is 7. The number of amides is 2. The van der Waals surface area contributed by atoms with E-state index in [4.69, 9.17) is 11.5 Å². The molecule has 10 nitrogen and oxygen atoms in total. The first-order chi connectivity index (χ1) is 18.8. The minimum Gasteiger partial charge on any atom is -0.334 e. The van der Waals surface area contributed by atoms with Gasteiger partial charge in [0, 0.05) is 42.8 Å². The van der Waals surface area contributed by atoms with Crippen LogP contribution >= 0.6 is 0 Å². The van der Waals surface area contributed by atoms with Crippen molar-refractivity contribution >= 4 is 6.03 Å². The van der Waals surface area contributed by atoms with E-state index in [2.05, 4.69) is 30.8 Å². The van der Waals surface area contributed by atoms with Crippen molar-refractivity contribution < 1.29 is 4.79 Å². The average Bonchev–Trinajstić information content (AvgIpc) is 3.31. The maximum Gasteiger partial charge on any atom is 0.315 e. The van der Waals surface area contributed by atoms with Crippen molar-refractivity contribution in [2.24, 2.45) is 11.5 Å². The van der Waals surface area contributed by atoms with Crippen LogP contribution in [-0.4, -0.2) is 71.7 Å². The maximum absolute atomic E-state index is 12.3. The molecule has 0 radical (unpaired) electrons. The zero-order valence-corrected chi connectivity index (χ0v) is 25.4. The van der Waals surface area contributed by atoms with E-state index >= 15 is 0 Å². The zero-order valence-electron chi connectivity index (χ0n) is 25.4. The normalized spacial score (nSPS) is 15.8. The van der Waals surface area contributed by atoms with E-state index in [-0.39, 0.29) is 28.6 Å². The Kier molecular flexibility index (Phi) is 13.2. The monoisotopic (exact) mass is 556 g/mol. The predicted molar refractivity (Wildman–Crippen MR) is 164 cm³/mol. The predicted octanol–water partition coefficient (Wildman–Crippen LogP) is 2.68. The van der Waals surface area contributed by atoms with Crippen LogP contribution in [0.4, 0.5) is 4.79 Å². The highest BCUT2D eigenvalue weighted by atomic mass is 16.2. The molecule has 2 heterocycles. The van der Waals surface area contributed by atoms with Crippen LogP contribution in [0.15, 0.2) is 35.3 Å². The second kappa shape index (κ2) is 15.9. The summed E-state index contributed by atoms with van der Waals surface area (Å²) in [6.07, 6.45) is 4.69. The van der Waals surface area contributed by atoms with Gasteiger partial charge in [0.2, 0.25) is 0 Å². The van der Waals surface area contributed by atoms with Gasteiger partial charge in [0.25, 0.3) is 5.56 Å². The molecule has 10 heteroatoms. The van der Waals surface area contributed by atoms with Crippen LogP contribution in [0.1, 0.15) is 72.2 Å². The van der Waals surface area contributed by atoms with Crippen LogP contribution in [-0.2, 0) is 12.0 Å². The van der Waals surface area contributed by atoms with Crippen LogP contribution in [0.2, 0.25) is 0 Å². The second-order valence-corrected chi connectivity index (χ2v) is 12.5. The quantitative estimate of drug-likeness (QED) is 0.246. The summed E-state index contributed by atoms with van der Waals surface area (Å²) in [5, 5.41) is 9.27. The Labute approximate surface area is 240 Å². The summed E-state index contributed by atoms with van der Waals surface area (Å²) in [5.41, 5.74) is 13.2. The number of likely N-dealkylation sites (tertiary alicyclic amines) is 1. The van der Waals surface area contributed by atoms with Crippen LogP contribution in [0, 0.1) is 0 Å². The summed E-state index contributed by atoms with van der Waals surface area (Å²) in [4.78, 5) is 33.6. The van der Waals surface area contributed by atoms with Gasteiger partial charge in [-0.15, -0.1) is 0 Å². The van der Waals surface area contributed by atoms with Crippen LogP contribution in [0.25, 0.3) is 11.1 Å². The van der Waals surface area contributed by atoms with Crippen molar-refractivity contribution in [2.45, 2.75) is 84.3 Å². The van der Waals surface area contributed by atoms with E-state index in [1.54, 1.807) is 6.20 Å². The molecule has 0 bridgehead atoms. The Balaban J connectivity index is 0.000000294. The van der Waals surface area contributed by atoms with E-state index in [9.17, 15) is 9.59 Å². The van der Waals surface area contributed by atoms with Crippen molar-refractivity contribution in [3.63, 3.8) is 0 Å². The number of aromatic amines is 1. The number of benzene rings is 1. The molecule has 0 unspecified atom stereocenters. The molecule has 1 saturated heterocycles. The first kappa shape index (κ1) is 33.4. The molecule has 0 saturated carbocycles. The number of nitrogens with zero attached hydrogens (tertiary/aromatic N) is 2. The van der Waals surface area contributed by atoms with Gasteiger partial charge in [-0.3, -0.25) is 4.79 Å². The minimum atomic E-state index is -0.179. The summed E-state index contributed by atoms with van der Waals surface area (Å²) in [5.74, 6) is 0.701. The number of hydrogen-bond donors (Lipinski definition) is 6. The van der Waals surface area contributed by atoms with Crippen LogP contribution < -0.4 is 33.0 Å². The largest absolute Gasteiger partial charge is 0.334 e. The van der Waals surface area contributed by atoms with E-state index in [1.165, 1.54) is 5.56 Å². The molecule has 1 aromatic heterocycles. The topological polar surface area (TPSA) is 154 Å². The minimum absolute atomic E-state index is 0.0665. The molecule has 8 N–H and O–H groups in total. The van der Waals surface area contributed by atoms with Gasteiger partial charge < -0.3 is 37.3 Å². The molecule has 224 valence electrons. The van der Waals surface area contributed by atoms with Gasteiger partial charge in [-0.2, -0.15) is 0 Å². The molecule has 1 fully saturated rings. The SMILES string of the molecule is CC(C)(C)NC(=O)N[C@H]1CCN(CCCN)C1.CC(C)(C)c1ncc(-c2ccc(CNCCCN)cc2)c(=O)[nH]1. The third kappa shape index (κ3) is 12.2. The fourth-order valence-corrected chi connectivity index (χ4v) is 4.27. The fraction of sp³-hybridized carbons (Fsp3) is 0.633. The highest BCUT2D eigenvalue weighted by Gasteiger charge is 2.24. The molecule has 3 rings (SSSR count). The number of nitrogens with one attached hydrogen (secondary N) is 4. The van der Waals surface area contributed by atoms with E-state index in [1.807, 2.05) is 65.8 Å². The van der Waals surface area contributed by atoms with Crippen LogP contribution in [0.5, 0.6) is 0 Å². The lowest BCUT2D eigenvalue weighted by molar-refractivity contribution is 0.227. The number of urea groups is 1. The average molecular weight is 557 g/mol. The van der Waals surface area contributed by atoms with Crippen molar-refractivity contribution in [1.82, 2.24) is 30.8 Å². The molecule has 2 amide bonds. The van der Waals surface area contributed by atoms with Crippen molar-refractivity contribution in [2.75, 3.05) is 39.3 Å². The van der Waals surface area contributed by atoms with Crippen LogP contribution in [0.3, 0.4) is 0 Å². The number of carbonyl (C=O) groups is 1. The van der Waals surface area contributed by atoms with Gasteiger partial charge in [-0.25, -0.2) is 9.78 Å². The van der Waals surface area contributed by atoms with Gasteiger partial charge in [0.05, 0.1) is 5.56 Å². The first-order valence-corrected chi connectivity index (χ1v) is 14.4. The zero-order chi connectivity index (χ0) is 29.8. The molecule has 0 aliphatic carbocycles. The third-order valence-corrected chi connectivity index (χ3v) is 6.44. The summed E-state index contributed by atoms with van der Waals surface area (Å²) >= 11 is 0. The molecule has 1 aliphatic heterocycles. The standard InChI is InChI=1S/C18H26N4O.C12H26N4O/c1-18(2,3)17-21-12-15(16(23)22-17)14-7-5-13(6-8-14)11-20-10-4-9-19;1-12(2,3)15-11(17)14-10-5-8-16(9-10)7-4-6-13/h5-8,12,20H,4,9-11,19H2,1-3H3,(H,21,22,23);10H,4-9,13H2,1-3H3,(H2,14,15,17)/t;10-/m.0/s1. The Bertz CT molecular complexity index is 1090. The van der Waals surface area contributed by atoms with Crippen molar-refractivity contribution in [1.29, 1.82) is 0 Å². The molecule has 1 aromatic carbocycles. The molecule has 2 aromatic rings. The first-order valence-electron chi connectivity index (χ1n) is 14.4. The number of rotatable bonds is 10. The molecule has 1 atom stereocenters. The number of carbonyl (C=O) groups excluding carboxylic acids is 1.